The number of hydrogen-bond donors (Lipinski definition) is 0. The minimum atomic E-state index is 0.311. The predicted molar refractivity (Wildman–Crippen MR) is 82.4 cm³/mol. The molecule has 20 heavy (non-hydrogen) atoms. The van der Waals surface area contributed by atoms with Crippen molar-refractivity contribution in [1.82, 2.24) is 9.80 Å². The lowest BCUT2D eigenvalue weighted by atomic mass is 10.0. The molecule has 1 aromatic carbocycles. The number of rotatable bonds is 5. The van der Waals surface area contributed by atoms with Gasteiger partial charge in [0.05, 0.1) is 0 Å². The molecule has 1 amide bonds. The molecule has 1 fully saturated rings. The van der Waals surface area contributed by atoms with E-state index in [0.717, 1.165) is 38.9 Å². The lowest BCUT2D eigenvalue weighted by Gasteiger charge is -2.37. The van der Waals surface area contributed by atoms with Crippen LogP contribution in [0, 0.1) is 0 Å². The normalized spacial score (nSPS) is 17.1. The molecule has 0 atom stereocenters. The van der Waals surface area contributed by atoms with E-state index in [-0.39, 0.29) is 0 Å². The highest BCUT2D eigenvalue weighted by Gasteiger charge is 2.26. The van der Waals surface area contributed by atoms with E-state index in [9.17, 15) is 4.79 Å². The highest BCUT2D eigenvalue weighted by Crippen LogP contribution is 2.19. The molecular formula is C17H26N2O. The summed E-state index contributed by atoms with van der Waals surface area (Å²) in [5, 5.41) is 0. The molecule has 0 aliphatic carbocycles. The van der Waals surface area contributed by atoms with Gasteiger partial charge < -0.3 is 9.80 Å². The maximum Gasteiger partial charge on any atom is 0.223 e. The minimum absolute atomic E-state index is 0.311. The van der Waals surface area contributed by atoms with Crippen LogP contribution in [0.2, 0.25) is 0 Å². The van der Waals surface area contributed by atoms with Gasteiger partial charge in [0, 0.05) is 19.0 Å². The molecule has 0 N–H and O–H groups in total. The van der Waals surface area contributed by atoms with Gasteiger partial charge in [0.25, 0.3) is 0 Å². The van der Waals surface area contributed by atoms with E-state index >= 15 is 0 Å². The Labute approximate surface area is 122 Å². The fraction of sp³-hybridized carbons (Fsp3) is 0.588. The topological polar surface area (TPSA) is 23.6 Å². The van der Waals surface area contributed by atoms with Crippen LogP contribution < -0.4 is 0 Å². The van der Waals surface area contributed by atoms with E-state index in [1.165, 1.54) is 5.56 Å². The van der Waals surface area contributed by atoms with Gasteiger partial charge >= 0.3 is 0 Å². The molecule has 1 aliphatic rings. The van der Waals surface area contributed by atoms with Crippen LogP contribution >= 0.6 is 0 Å². The summed E-state index contributed by atoms with van der Waals surface area (Å²) >= 11 is 0. The van der Waals surface area contributed by atoms with E-state index in [2.05, 4.69) is 35.9 Å². The Morgan fingerprint density at radius 2 is 1.90 bits per heavy atom. The SMILES string of the molecule is CCCC(=O)N(Cc1ccccc1)C1CCN(C)CC1. The summed E-state index contributed by atoms with van der Waals surface area (Å²) in [6, 6.07) is 10.8. The van der Waals surface area contributed by atoms with Crippen LogP contribution in [0.15, 0.2) is 30.3 Å². The first-order chi connectivity index (χ1) is 9.70. The van der Waals surface area contributed by atoms with Gasteiger partial charge in [-0.2, -0.15) is 0 Å². The quantitative estimate of drug-likeness (QED) is 0.824. The molecule has 1 saturated heterocycles. The van der Waals surface area contributed by atoms with Crippen LogP contribution in [0.4, 0.5) is 0 Å². The molecular weight excluding hydrogens is 248 g/mol. The third-order valence-electron chi connectivity index (χ3n) is 4.11. The van der Waals surface area contributed by atoms with Crippen molar-refractivity contribution in [3.8, 4) is 0 Å². The minimum Gasteiger partial charge on any atom is -0.335 e. The Morgan fingerprint density at radius 3 is 2.50 bits per heavy atom. The first-order valence-electron chi connectivity index (χ1n) is 7.72. The molecule has 0 radical (unpaired) electrons. The van der Waals surface area contributed by atoms with Gasteiger partial charge in [-0.1, -0.05) is 37.3 Å². The summed E-state index contributed by atoms with van der Waals surface area (Å²) in [4.78, 5) is 16.9. The summed E-state index contributed by atoms with van der Waals surface area (Å²) in [5.41, 5.74) is 1.23. The summed E-state index contributed by atoms with van der Waals surface area (Å²) < 4.78 is 0. The molecule has 1 aromatic rings. The molecule has 2 rings (SSSR count). The van der Waals surface area contributed by atoms with Crippen molar-refractivity contribution in [3.05, 3.63) is 35.9 Å². The van der Waals surface area contributed by atoms with Crippen molar-refractivity contribution >= 4 is 5.91 Å². The van der Waals surface area contributed by atoms with Crippen LogP contribution in [0.1, 0.15) is 38.2 Å². The van der Waals surface area contributed by atoms with Crippen LogP contribution in [-0.4, -0.2) is 41.9 Å². The molecule has 3 nitrogen and oxygen atoms in total. The fourth-order valence-corrected chi connectivity index (χ4v) is 2.87. The van der Waals surface area contributed by atoms with Gasteiger partial charge in [0.15, 0.2) is 0 Å². The lowest BCUT2D eigenvalue weighted by Crippen LogP contribution is -2.46. The van der Waals surface area contributed by atoms with Gasteiger partial charge in [-0.3, -0.25) is 4.79 Å². The van der Waals surface area contributed by atoms with Crippen molar-refractivity contribution < 1.29 is 4.79 Å². The maximum absolute atomic E-state index is 12.4. The van der Waals surface area contributed by atoms with E-state index in [0.29, 0.717) is 18.4 Å². The Balaban J connectivity index is 2.06. The number of carbonyl (C=O) groups excluding carboxylic acids is 1. The van der Waals surface area contributed by atoms with Gasteiger partial charge in [0.1, 0.15) is 0 Å². The smallest absolute Gasteiger partial charge is 0.223 e. The van der Waals surface area contributed by atoms with Crippen molar-refractivity contribution in [1.29, 1.82) is 0 Å². The number of amides is 1. The summed E-state index contributed by atoms with van der Waals surface area (Å²) in [5.74, 6) is 0.311. The zero-order valence-corrected chi connectivity index (χ0v) is 12.7. The molecule has 1 heterocycles. The number of carbonyl (C=O) groups is 1. The molecule has 0 saturated carbocycles. The highest BCUT2D eigenvalue weighted by molar-refractivity contribution is 5.76. The fourth-order valence-electron chi connectivity index (χ4n) is 2.87. The molecule has 0 spiro atoms. The Morgan fingerprint density at radius 1 is 1.25 bits per heavy atom. The second kappa shape index (κ2) is 7.44. The molecule has 1 aliphatic heterocycles. The van der Waals surface area contributed by atoms with Gasteiger partial charge in [-0.25, -0.2) is 0 Å². The van der Waals surface area contributed by atoms with Crippen LogP contribution in [-0.2, 0) is 11.3 Å². The first kappa shape index (κ1) is 15.0. The van der Waals surface area contributed by atoms with Crippen molar-refractivity contribution in [2.24, 2.45) is 0 Å². The Kier molecular flexibility index (Phi) is 5.60. The predicted octanol–water partition coefficient (Wildman–Crippen LogP) is 2.91. The molecule has 0 bridgehead atoms. The van der Waals surface area contributed by atoms with Crippen LogP contribution in [0.25, 0.3) is 0 Å². The number of benzene rings is 1. The van der Waals surface area contributed by atoms with Crippen LogP contribution in [0.5, 0.6) is 0 Å². The molecule has 0 aromatic heterocycles. The number of likely N-dealkylation sites (tertiary alicyclic amines) is 1. The van der Waals surface area contributed by atoms with E-state index < -0.39 is 0 Å². The third kappa shape index (κ3) is 4.07. The van der Waals surface area contributed by atoms with Gasteiger partial charge in [0.2, 0.25) is 5.91 Å². The van der Waals surface area contributed by atoms with Gasteiger partial charge in [-0.15, -0.1) is 0 Å². The largest absolute Gasteiger partial charge is 0.335 e. The van der Waals surface area contributed by atoms with E-state index in [1.54, 1.807) is 0 Å². The van der Waals surface area contributed by atoms with Crippen molar-refractivity contribution in [2.75, 3.05) is 20.1 Å². The average molecular weight is 274 g/mol. The lowest BCUT2D eigenvalue weighted by molar-refractivity contribution is -0.135. The number of nitrogens with zero attached hydrogens (tertiary/aromatic N) is 2. The zero-order chi connectivity index (χ0) is 14.4. The first-order valence-corrected chi connectivity index (χ1v) is 7.72. The van der Waals surface area contributed by atoms with Crippen molar-refractivity contribution in [3.63, 3.8) is 0 Å². The van der Waals surface area contributed by atoms with Gasteiger partial charge in [-0.05, 0) is 45.0 Å². The highest BCUT2D eigenvalue weighted by atomic mass is 16.2. The van der Waals surface area contributed by atoms with Crippen LogP contribution in [0.3, 0.4) is 0 Å². The average Bonchev–Trinajstić information content (AvgIpc) is 2.47. The Bertz CT molecular complexity index is 410. The summed E-state index contributed by atoms with van der Waals surface area (Å²) in [7, 11) is 2.16. The Hall–Kier alpha value is -1.35. The summed E-state index contributed by atoms with van der Waals surface area (Å²) in [6.45, 7) is 5.02. The standard InChI is InChI=1S/C17H26N2O/c1-3-7-17(20)19(14-15-8-5-4-6-9-15)16-10-12-18(2)13-11-16/h4-6,8-9,16H,3,7,10-14H2,1-2H3. The second-order valence-electron chi connectivity index (χ2n) is 5.79. The maximum atomic E-state index is 12.4. The number of piperidine rings is 1. The van der Waals surface area contributed by atoms with Crippen molar-refractivity contribution in [2.45, 2.75) is 45.2 Å². The van der Waals surface area contributed by atoms with E-state index in [1.807, 2.05) is 18.2 Å². The zero-order valence-electron chi connectivity index (χ0n) is 12.7. The second-order valence-corrected chi connectivity index (χ2v) is 5.79. The third-order valence-corrected chi connectivity index (χ3v) is 4.11. The molecule has 0 unspecified atom stereocenters. The summed E-state index contributed by atoms with van der Waals surface area (Å²) in [6.07, 6.45) is 3.79. The molecule has 3 heteroatoms. The monoisotopic (exact) mass is 274 g/mol. The number of hydrogen-bond acceptors (Lipinski definition) is 2. The van der Waals surface area contributed by atoms with E-state index in [4.69, 9.17) is 0 Å². The molecule has 110 valence electrons.